The van der Waals surface area contributed by atoms with E-state index in [1.54, 1.807) is 0 Å². The number of nitrogens with two attached hydrogens (primary N) is 1. The number of ether oxygens (including phenoxy) is 1. The molecule has 4 N–H and O–H groups in total. The molecule has 1 aliphatic heterocycles. The van der Waals surface area contributed by atoms with Gasteiger partial charge in [0.15, 0.2) is 0 Å². The fraction of sp³-hybridized carbons (Fsp3) is 0.778. The van der Waals surface area contributed by atoms with Crippen LogP contribution in [0.5, 0.6) is 0 Å². The highest BCUT2D eigenvalue weighted by Crippen LogP contribution is 2.31. The van der Waals surface area contributed by atoms with Crippen LogP contribution in [0.1, 0.15) is 6.42 Å². The molecule has 0 saturated carbocycles. The van der Waals surface area contributed by atoms with E-state index in [0.29, 0.717) is 12.3 Å². The van der Waals surface area contributed by atoms with Gasteiger partial charge in [-0.1, -0.05) is 11.8 Å². The summed E-state index contributed by atoms with van der Waals surface area (Å²) in [6, 6.07) is 0. The molecule has 1 fully saturated rings. The fourth-order valence-electron chi connectivity index (χ4n) is 1.67. The molecule has 2 atom stereocenters. The molecule has 0 aromatic heterocycles. The zero-order chi connectivity index (χ0) is 13.1. The molecule has 0 spiro atoms. The average Bonchev–Trinajstić information content (AvgIpc) is 2.61. The number of aliphatic hydroxyl groups excluding tert-OH is 1. The lowest BCUT2D eigenvalue weighted by Gasteiger charge is -2.29. The molecule has 0 radical (unpaired) electrons. The molecule has 0 aliphatic carbocycles. The van der Waals surface area contributed by atoms with Crippen LogP contribution in [0.25, 0.3) is 0 Å². The van der Waals surface area contributed by atoms with Crippen LogP contribution in [0.15, 0.2) is 0 Å². The zero-order valence-electron chi connectivity index (χ0n) is 9.46. The second-order valence-corrected chi connectivity index (χ2v) is 4.73. The first-order valence-corrected chi connectivity index (χ1v) is 6.07. The Bertz CT molecular complexity index is 314. The predicted octanol–water partition coefficient (Wildman–Crippen LogP) is -1.27. The Morgan fingerprint density at radius 3 is 2.82 bits per heavy atom. The molecular formula is C9H16N2O5S. The molecule has 7 nitrogen and oxygen atoms in total. The van der Waals surface area contributed by atoms with Crippen LogP contribution in [-0.2, 0) is 9.53 Å². The van der Waals surface area contributed by atoms with Crippen molar-refractivity contribution < 1.29 is 24.5 Å². The van der Waals surface area contributed by atoms with Crippen molar-refractivity contribution in [1.82, 2.24) is 4.90 Å². The lowest BCUT2D eigenvalue weighted by molar-refractivity contribution is -0.174. The van der Waals surface area contributed by atoms with Crippen molar-refractivity contribution in [2.45, 2.75) is 18.2 Å². The first kappa shape index (κ1) is 14.2. The van der Waals surface area contributed by atoms with Gasteiger partial charge in [-0.25, -0.2) is 4.79 Å². The van der Waals surface area contributed by atoms with Crippen molar-refractivity contribution in [2.24, 2.45) is 5.73 Å². The van der Waals surface area contributed by atoms with Crippen molar-refractivity contribution in [3.63, 3.8) is 0 Å². The number of carbonyl (C=O) groups is 2. The third-order valence-electron chi connectivity index (χ3n) is 2.44. The van der Waals surface area contributed by atoms with Crippen LogP contribution < -0.4 is 5.73 Å². The number of β-amino-alcohol motifs (C(OH)–C–C–N with tert-alkyl or cyclic N) is 1. The van der Waals surface area contributed by atoms with Crippen LogP contribution in [0.2, 0.25) is 0 Å². The molecule has 98 valence electrons. The first-order chi connectivity index (χ1) is 7.95. The van der Waals surface area contributed by atoms with Crippen LogP contribution in [-0.4, -0.2) is 64.1 Å². The monoisotopic (exact) mass is 264 g/mol. The third kappa shape index (κ3) is 2.89. The molecule has 17 heavy (non-hydrogen) atoms. The summed E-state index contributed by atoms with van der Waals surface area (Å²) in [5.41, 5.74) is 3.18. The summed E-state index contributed by atoms with van der Waals surface area (Å²) in [4.78, 5) is 24.1. The van der Waals surface area contributed by atoms with Crippen LogP contribution in [0.3, 0.4) is 0 Å². The van der Waals surface area contributed by atoms with Gasteiger partial charge in [0, 0.05) is 18.7 Å². The van der Waals surface area contributed by atoms with E-state index in [-0.39, 0.29) is 13.0 Å². The third-order valence-corrected chi connectivity index (χ3v) is 3.34. The van der Waals surface area contributed by atoms with E-state index in [1.165, 1.54) is 0 Å². The second-order valence-electron chi connectivity index (χ2n) is 3.68. The minimum atomic E-state index is -2.08. The summed E-state index contributed by atoms with van der Waals surface area (Å²) < 4.78 is 4.44. The Morgan fingerprint density at radius 1 is 1.65 bits per heavy atom. The van der Waals surface area contributed by atoms with Crippen molar-refractivity contribution in [1.29, 1.82) is 0 Å². The number of hydrogen-bond donors (Lipinski definition) is 3. The minimum absolute atomic E-state index is 0.0952. The summed E-state index contributed by atoms with van der Waals surface area (Å²) in [5.74, 6) is -0.571. The van der Waals surface area contributed by atoms with Crippen molar-refractivity contribution in [3.8, 4) is 0 Å². The van der Waals surface area contributed by atoms with E-state index in [9.17, 15) is 19.8 Å². The number of amides is 1. The van der Waals surface area contributed by atoms with Gasteiger partial charge < -0.3 is 20.7 Å². The maximum Gasteiger partial charge on any atom is 0.359 e. The van der Waals surface area contributed by atoms with E-state index in [1.807, 2.05) is 0 Å². The van der Waals surface area contributed by atoms with Gasteiger partial charge in [-0.3, -0.25) is 9.69 Å². The van der Waals surface area contributed by atoms with Gasteiger partial charge >= 0.3 is 5.97 Å². The van der Waals surface area contributed by atoms with Gasteiger partial charge in [0.1, 0.15) is 0 Å². The number of likely N-dealkylation sites (tertiary alicyclic amines) is 1. The first-order valence-electron chi connectivity index (χ1n) is 5.09. The number of rotatable bonds is 3. The van der Waals surface area contributed by atoms with Gasteiger partial charge in [-0.15, -0.1) is 0 Å². The molecular weight excluding hydrogens is 248 g/mol. The molecule has 8 heteroatoms. The molecule has 1 rings (SSSR count). The molecule has 1 heterocycles. The van der Waals surface area contributed by atoms with Crippen LogP contribution in [0.4, 0.5) is 4.79 Å². The van der Waals surface area contributed by atoms with Crippen molar-refractivity contribution in [3.05, 3.63) is 0 Å². The summed E-state index contributed by atoms with van der Waals surface area (Å²) in [6.07, 6.45) is -1.18. The highest BCUT2D eigenvalue weighted by Gasteiger charge is 2.53. The highest BCUT2D eigenvalue weighted by atomic mass is 32.2. The average molecular weight is 264 g/mol. The van der Waals surface area contributed by atoms with E-state index >= 15 is 0 Å². The van der Waals surface area contributed by atoms with Gasteiger partial charge in [0.05, 0.1) is 19.8 Å². The van der Waals surface area contributed by atoms with Crippen LogP contribution >= 0.6 is 11.8 Å². The maximum atomic E-state index is 11.7. The Kier molecular flexibility index (Phi) is 4.75. The number of aliphatic hydroxyl groups is 2. The van der Waals surface area contributed by atoms with Gasteiger partial charge in [-0.2, -0.15) is 0 Å². The Morgan fingerprint density at radius 2 is 2.29 bits per heavy atom. The number of methoxy groups -OCH3 is 1. The van der Waals surface area contributed by atoms with Gasteiger partial charge in [-0.05, 0) is 0 Å². The Hall–Kier alpha value is -0.830. The Balaban J connectivity index is 2.81. The lowest BCUT2D eigenvalue weighted by atomic mass is 10.1. The topological polar surface area (TPSA) is 113 Å². The number of thioether (sulfide) groups is 1. The number of esters is 1. The van der Waals surface area contributed by atoms with Crippen molar-refractivity contribution in [2.75, 3.05) is 26.0 Å². The lowest BCUT2D eigenvalue weighted by Crippen LogP contribution is -2.52. The number of nitrogens with zero attached hydrogens (tertiary/aromatic N) is 1. The normalized spacial score (nSPS) is 28.2. The van der Waals surface area contributed by atoms with E-state index in [0.717, 1.165) is 23.8 Å². The van der Waals surface area contributed by atoms with Gasteiger partial charge in [0.2, 0.25) is 5.72 Å². The molecule has 1 unspecified atom stereocenters. The quantitative estimate of drug-likeness (QED) is 0.544. The van der Waals surface area contributed by atoms with Crippen LogP contribution in [0, 0.1) is 0 Å². The molecule has 0 bridgehead atoms. The summed E-state index contributed by atoms with van der Waals surface area (Å²) in [7, 11) is 1.11. The molecule has 0 aromatic rings. The molecule has 0 aromatic carbocycles. The predicted molar refractivity (Wildman–Crippen MR) is 61.2 cm³/mol. The summed E-state index contributed by atoms with van der Waals surface area (Å²) >= 11 is 0.889. The zero-order valence-corrected chi connectivity index (χ0v) is 10.3. The van der Waals surface area contributed by atoms with Crippen molar-refractivity contribution >= 4 is 23.0 Å². The second kappa shape index (κ2) is 5.67. The number of hydrogen-bond acceptors (Lipinski definition) is 7. The molecule has 1 amide bonds. The standard InChI is InChI=1S/C9H16N2O5S/c1-16-7(13)9(15)4-6(12)5-11(9)8(14)17-3-2-10/h6,12,15H,2-5,10H2,1H3/t6?,9-/m0/s1. The maximum absolute atomic E-state index is 11.7. The summed E-state index contributed by atoms with van der Waals surface area (Å²) in [6.45, 7) is 0.214. The van der Waals surface area contributed by atoms with E-state index in [4.69, 9.17) is 5.73 Å². The highest BCUT2D eigenvalue weighted by molar-refractivity contribution is 8.13. The summed E-state index contributed by atoms with van der Waals surface area (Å²) in [5, 5.41) is 19.0. The van der Waals surface area contributed by atoms with Gasteiger partial charge in [0.25, 0.3) is 5.24 Å². The Labute approximate surface area is 103 Å². The minimum Gasteiger partial charge on any atom is -0.465 e. The molecule has 1 saturated heterocycles. The molecule has 1 aliphatic rings. The fourth-order valence-corrected chi connectivity index (χ4v) is 2.35. The SMILES string of the molecule is COC(=O)[C@@]1(O)CC(O)CN1C(=O)SCCN. The van der Waals surface area contributed by atoms with E-state index in [2.05, 4.69) is 4.74 Å². The largest absolute Gasteiger partial charge is 0.465 e. The van der Waals surface area contributed by atoms with E-state index < -0.39 is 23.0 Å². The number of carbonyl (C=O) groups excluding carboxylic acids is 2. The smallest absolute Gasteiger partial charge is 0.359 e.